The Morgan fingerprint density at radius 3 is 2.57 bits per heavy atom. The van der Waals surface area contributed by atoms with Crippen LogP contribution in [0.2, 0.25) is 0 Å². The highest BCUT2D eigenvalue weighted by Gasteiger charge is 2.28. The van der Waals surface area contributed by atoms with Crippen molar-refractivity contribution in [2.24, 2.45) is 5.92 Å². The number of amides is 3. The first-order chi connectivity index (χ1) is 23.7. The van der Waals surface area contributed by atoms with Crippen molar-refractivity contribution in [1.82, 2.24) is 39.1 Å². The fraction of sp³-hybridized carbons (Fsp3) is 0.438. The Labute approximate surface area is 285 Å². The Morgan fingerprint density at radius 1 is 1.08 bits per heavy atom. The maximum atomic E-state index is 13.5. The summed E-state index contributed by atoms with van der Waals surface area (Å²) in [5, 5.41) is 11.6. The molecule has 0 spiro atoms. The standard InChI is InChI=1S/C32H37F2N9O5S/c1-47-32(46)41-14-12-39(13-15-41)18-21-6-10-40(11-7-21)27(44)20-42-19-25(37-30(45)24-17-36-43-9-3-8-35-29(24)43)28(38-42)23-16-22(49-2)4-5-26(23)48-31(33)34/h3-5,8-9,16-17,19,21,31H,6-7,10-15,18,20H2,1-2H3,(H,37,45). The first-order valence-electron chi connectivity index (χ1n) is 15.9. The van der Waals surface area contributed by atoms with Gasteiger partial charge in [0.05, 0.1) is 19.0 Å². The second-order valence-electron chi connectivity index (χ2n) is 11.8. The van der Waals surface area contributed by atoms with E-state index in [2.05, 4.69) is 25.4 Å². The molecule has 0 radical (unpaired) electrons. The predicted molar refractivity (Wildman–Crippen MR) is 177 cm³/mol. The smallest absolute Gasteiger partial charge is 0.409 e. The summed E-state index contributed by atoms with van der Waals surface area (Å²) in [6.07, 6.45) is 9.34. The lowest BCUT2D eigenvalue weighted by Crippen LogP contribution is -2.50. The quantitative estimate of drug-likeness (QED) is 0.244. The fourth-order valence-electron chi connectivity index (χ4n) is 6.20. The number of rotatable bonds is 10. The molecular formula is C32H37F2N9O5S. The lowest BCUT2D eigenvalue weighted by Gasteiger charge is -2.38. The molecule has 2 fully saturated rings. The van der Waals surface area contributed by atoms with Gasteiger partial charge in [0.15, 0.2) is 5.65 Å². The monoisotopic (exact) mass is 697 g/mol. The zero-order valence-electron chi connectivity index (χ0n) is 27.1. The number of benzene rings is 1. The molecule has 1 N–H and O–H groups in total. The van der Waals surface area contributed by atoms with Crippen LogP contribution in [0.1, 0.15) is 23.2 Å². The van der Waals surface area contributed by atoms with Crippen molar-refractivity contribution >= 4 is 41.0 Å². The summed E-state index contributed by atoms with van der Waals surface area (Å²) < 4.78 is 39.4. The van der Waals surface area contributed by atoms with Crippen LogP contribution in [0.5, 0.6) is 5.75 Å². The molecule has 260 valence electrons. The minimum Gasteiger partial charge on any atom is -0.453 e. The zero-order chi connectivity index (χ0) is 34.5. The van der Waals surface area contributed by atoms with Gasteiger partial charge in [0.25, 0.3) is 5.91 Å². The van der Waals surface area contributed by atoms with Gasteiger partial charge in [-0.2, -0.15) is 19.0 Å². The van der Waals surface area contributed by atoms with E-state index in [0.29, 0.717) is 37.7 Å². The number of hydrogen-bond acceptors (Lipinski definition) is 10. The van der Waals surface area contributed by atoms with Crippen LogP contribution in [0.25, 0.3) is 16.9 Å². The lowest BCUT2D eigenvalue weighted by atomic mass is 9.96. The van der Waals surface area contributed by atoms with E-state index in [-0.39, 0.29) is 46.8 Å². The molecule has 14 nitrogen and oxygen atoms in total. The number of likely N-dealkylation sites (tertiary alicyclic amines) is 1. The highest BCUT2D eigenvalue weighted by molar-refractivity contribution is 7.98. The first kappa shape index (κ1) is 34.1. The molecule has 6 rings (SSSR count). The number of nitrogens with one attached hydrogen (secondary N) is 1. The molecule has 49 heavy (non-hydrogen) atoms. The molecule has 0 unspecified atom stereocenters. The maximum Gasteiger partial charge on any atom is 0.409 e. The second kappa shape index (κ2) is 15.2. The van der Waals surface area contributed by atoms with Crippen LogP contribution in [0.4, 0.5) is 19.3 Å². The van der Waals surface area contributed by atoms with Crippen molar-refractivity contribution < 1.29 is 32.6 Å². The third kappa shape index (κ3) is 7.94. The molecule has 3 aromatic heterocycles. The molecule has 3 amide bonds. The van der Waals surface area contributed by atoms with E-state index in [9.17, 15) is 23.2 Å². The number of anilines is 1. The van der Waals surface area contributed by atoms with Gasteiger partial charge in [0, 0.05) is 74.9 Å². The van der Waals surface area contributed by atoms with Gasteiger partial charge < -0.3 is 24.6 Å². The topological polar surface area (TPSA) is 139 Å². The number of halogens is 2. The van der Waals surface area contributed by atoms with E-state index in [0.717, 1.165) is 37.4 Å². The van der Waals surface area contributed by atoms with Crippen LogP contribution in [-0.2, 0) is 16.1 Å². The largest absolute Gasteiger partial charge is 0.453 e. The summed E-state index contributed by atoms with van der Waals surface area (Å²) in [7, 11) is 1.39. The summed E-state index contributed by atoms with van der Waals surface area (Å²) in [5.41, 5.74) is 1.15. The Kier molecular flexibility index (Phi) is 10.6. The van der Waals surface area contributed by atoms with E-state index in [1.165, 1.54) is 46.5 Å². The molecule has 0 saturated carbocycles. The molecule has 2 aliphatic rings. The molecule has 17 heteroatoms. The van der Waals surface area contributed by atoms with Crippen molar-refractivity contribution in [3.8, 4) is 17.0 Å². The number of aromatic nitrogens is 5. The number of fused-ring (bicyclic) bond motifs is 1. The van der Waals surface area contributed by atoms with E-state index in [1.54, 1.807) is 40.4 Å². The molecular weight excluding hydrogens is 660 g/mol. The van der Waals surface area contributed by atoms with Gasteiger partial charge in [0.2, 0.25) is 5.91 Å². The van der Waals surface area contributed by atoms with E-state index in [1.807, 2.05) is 6.26 Å². The van der Waals surface area contributed by atoms with E-state index in [4.69, 9.17) is 9.47 Å². The number of thioether (sulfide) groups is 1. The highest BCUT2D eigenvalue weighted by atomic mass is 32.2. The molecule has 0 atom stereocenters. The van der Waals surface area contributed by atoms with Crippen LogP contribution < -0.4 is 10.1 Å². The number of carbonyl (C=O) groups excluding carboxylic acids is 3. The van der Waals surface area contributed by atoms with Gasteiger partial charge in [-0.15, -0.1) is 11.8 Å². The average molecular weight is 698 g/mol. The molecule has 0 bridgehead atoms. The average Bonchev–Trinajstić information content (AvgIpc) is 3.72. The van der Waals surface area contributed by atoms with Crippen LogP contribution in [0, 0.1) is 5.92 Å². The normalized spacial score (nSPS) is 15.9. The molecule has 1 aromatic carbocycles. The molecule has 5 heterocycles. The van der Waals surface area contributed by atoms with Gasteiger partial charge in [-0.1, -0.05) is 0 Å². The number of ether oxygens (including phenoxy) is 2. The number of nitrogens with zero attached hydrogens (tertiary/aromatic N) is 8. The van der Waals surface area contributed by atoms with E-state index < -0.39 is 12.5 Å². The second-order valence-corrected chi connectivity index (χ2v) is 12.7. The Morgan fingerprint density at radius 2 is 1.86 bits per heavy atom. The first-order valence-corrected chi connectivity index (χ1v) is 17.1. The summed E-state index contributed by atoms with van der Waals surface area (Å²) in [5.74, 6) is -0.373. The van der Waals surface area contributed by atoms with Crippen molar-refractivity contribution in [2.75, 3.05) is 64.5 Å². The van der Waals surface area contributed by atoms with Crippen molar-refractivity contribution in [2.45, 2.75) is 30.9 Å². The molecule has 0 aliphatic carbocycles. The number of carbonyl (C=O) groups is 3. The summed E-state index contributed by atoms with van der Waals surface area (Å²) in [4.78, 5) is 49.6. The summed E-state index contributed by atoms with van der Waals surface area (Å²) >= 11 is 1.40. The summed E-state index contributed by atoms with van der Waals surface area (Å²) in [6.45, 7) is 1.71. The van der Waals surface area contributed by atoms with Crippen LogP contribution in [0.3, 0.4) is 0 Å². The van der Waals surface area contributed by atoms with Crippen molar-refractivity contribution in [3.05, 3.63) is 54.6 Å². The minimum absolute atomic E-state index is 0.117. The molecule has 2 aliphatic heterocycles. The summed E-state index contributed by atoms with van der Waals surface area (Å²) in [6, 6.07) is 6.43. The Hall–Kier alpha value is -4.77. The third-order valence-electron chi connectivity index (χ3n) is 8.78. The maximum absolute atomic E-state index is 13.5. The van der Waals surface area contributed by atoms with Crippen LogP contribution in [0.15, 0.2) is 53.9 Å². The molecule has 2 saturated heterocycles. The van der Waals surface area contributed by atoms with Gasteiger partial charge >= 0.3 is 12.7 Å². The van der Waals surface area contributed by atoms with Gasteiger partial charge in [0.1, 0.15) is 23.6 Å². The number of piperidine rings is 1. The number of alkyl halides is 2. The highest BCUT2D eigenvalue weighted by Crippen LogP contribution is 2.38. The van der Waals surface area contributed by atoms with E-state index >= 15 is 0 Å². The lowest BCUT2D eigenvalue weighted by molar-refractivity contribution is -0.133. The van der Waals surface area contributed by atoms with Crippen molar-refractivity contribution in [3.63, 3.8) is 0 Å². The number of hydrogen-bond donors (Lipinski definition) is 1. The SMILES string of the molecule is COC(=O)N1CCN(CC2CCN(C(=O)Cn3cc(NC(=O)c4cnn5cccnc45)c(-c4cc(SC)ccc4OC(F)F)n3)CC2)CC1. The van der Waals surface area contributed by atoms with Gasteiger partial charge in [-0.05, 0) is 49.3 Å². The van der Waals surface area contributed by atoms with Gasteiger partial charge in [-0.3, -0.25) is 19.2 Å². The Balaban J connectivity index is 1.17. The van der Waals surface area contributed by atoms with Gasteiger partial charge in [-0.25, -0.2) is 14.3 Å². The van der Waals surface area contributed by atoms with Crippen molar-refractivity contribution in [1.29, 1.82) is 0 Å². The third-order valence-corrected chi connectivity index (χ3v) is 9.50. The van der Waals surface area contributed by atoms with Crippen LogP contribution >= 0.6 is 11.8 Å². The number of methoxy groups -OCH3 is 1. The predicted octanol–water partition coefficient (Wildman–Crippen LogP) is 3.79. The zero-order valence-corrected chi connectivity index (χ0v) is 27.9. The minimum atomic E-state index is -3.09. The fourth-order valence-corrected chi connectivity index (χ4v) is 6.64. The Bertz CT molecular complexity index is 1800. The van der Waals surface area contributed by atoms with Crippen LogP contribution in [-0.4, -0.2) is 123 Å². The number of piperazine rings is 1. The molecule has 4 aromatic rings.